The fourth-order valence-corrected chi connectivity index (χ4v) is 2.96. The Morgan fingerprint density at radius 1 is 1.45 bits per heavy atom. The number of unbranched alkanes of at least 4 members (excludes halogenated alkanes) is 1. The summed E-state index contributed by atoms with van der Waals surface area (Å²) >= 11 is 4.25. The first kappa shape index (κ1) is 18.7. The van der Waals surface area contributed by atoms with E-state index >= 15 is 0 Å². The van der Waals surface area contributed by atoms with Crippen molar-refractivity contribution in [3.63, 3.8) is 0 Å². The van der Waals surface area contributed by atoms with E-state index in [-0.39, 0.29) is 16.5 Å². The second kappa shape index (κ2) is 8.98. The predicted molar refractivity (Wildman–Crippen MR) is 95.3 cm³/mol. The minimum atomic E-state index is -0.277. The van der Waals surface area contributed by atoms with Gasteiger partial charge in [0.25, 0.3) is 0 Å². The summed E-state index contributed by atoms with van der Waals surface area (Å²) in [6, 6.07) is 1.84. The van der Waals surface area contributed by atoms with Gasteiger partial charge in [0.05, 0.1) is 4.92 Å². The maximum atomic E-state index is 11.7. The fourth-order valence-electron chi connectivity index (χ4n) is 2.57. The van der Waals surface area contributed by atoms with Gasteiger partial charge in [0.2, 0.25) is 0 Å². The lowest BCUT2D eigenvalue weighted by molar-refractivity contribution is -0.385. The molecule has 0 saturated heterocycles. The molecule has 1 aromatic rings. The van der Waals surface area contributed by atoms with Crippen LogP contribution in [0.4, 0.5) is 11.4 Å². The van der Waals surface area contributed by atoms with Gasteiger partial charge in [-0.15, -0.1) is 0 Å². The van der Waals surface area contributed by atoms with Gasteiger partial charge in [-0.2, -0.15) is 12.6 Å². The minimum Gasteiger partial charge on any atom is -0.366 e. The van der Waals surface area contributed by atoms with E-state index in [1.807, 2.05) is 26.8 Å². The lowest BCUT2D eigenvalue weighted by Gasteiger charge is -2.24. The molecule has 0 aliphatic heterocycles. The molecule has 0 N–H and O–H groups in total. The molecule has 0 amide bonds. The SMILES string of the molecule is CCCCN(CC)c1cc(C)nc(C(C)CCS)c1[N+](=O)[O-]. The van der Waals surface area contributed by atoms with Crippen LogP contribution in [0.15, 0.2) is 6.07 Å². The molecule has 5 nitrogen and oxygen atoms in total. The van der Waals surface area contributed by atoms with Crippen LogP contribution in [-0.4, -0.2) is 28.7 Å². The van der Waals surface area contributed by atoms with E-state index in [4.69, 9.17) is 0 Å². The van der Waals surface area contributed by atoms with Crippen LogP contribution in [0.25, 0.3) is 0 Å². The highest BCUT2D eigenvalue weighted by Gasteiger charge is 2.28. The van der Waals surface area contributed by atoms with Crippen LogP contribution >= 0.6 is 12.6 Å². The van der Waals surface area contributed by atoms with E-state index < -0.39 is 0 Å². The van der Waals surface area contributed by atoms with Crippen molar-refractivity contribution in [2.45, 2.75) is 52.9 Å². The van der Waals surface area contributed by atoms with Crippen molar-refractivity contribution in [1.82, 2.24) is 4.98 Å². The standard InChI is InChI=1S/C16H27N3O2S/c1-5-7-9-18(6-2)14-11-13(4)17-15(12(3)8-10-22)16(14)19(20)21/h11-12,22H,5-10H2,1-4H3. The Balaban J connectivity index is 3.38. The largest absolute Gasteiger partial charge is 0.366 e. The number of hydrogen-bond acceptors (Lipinski definition) is 5. The van der Waals surface area contributed by atoms with Gasteiger partial charge in [0.15, 0.2) is 0 Å². The molecule has 1 heterocycles. The van der Waals surface area contributed by atoms with E-state index in [0.29, 0.717) is 17.1 Å². The van der Waals surface area contributed by atoms with Gasteiger partial charge in [-0.1, -0.05) is 20.3 Å². The number of nitrogens with zero attached hydrogens (tertiary/aromatic N) is 3. The third kappa shape index (κ3) is 4.60. The Kier molecular flexibility index (Phi) is 7.65. The van der Waals surface area contributed by atoms with E-state index in [0.717, 1.165) is 38.0 Å². The molecule has 22 heavy (non-hydrogen) atoms. The smallest absolute Gasteiger partial charge is 0.314 e. The average Bonchev–Trinajstić information content (AvgIpc) is 2.47. The van der Waals surface area contributed by atoms with Crippen LogP contribution in [0, 0.1) is 17.0 Å². The maximum absolute atomic E-state index is 11.7. The summed E-state index contributed by atoms with van der Waals surface area (Å²) in [7, 11) is 0. The Hall–Kier alpha value is -1.30. The van der Waals surface area contributed by atoms with Crippen LogP contribution < -0.4 is 4.90 Å². The molecule has 0 aromatic carbocycles. The lowest BCUT2D eigenvalue weighted by Crippen LogP contribution is -2.25. The normalized spacial score (nSPS) is 12.2. The topological polar surface area (TPSA) is 59.3 Å². The van der Waals surface area contributed by atoms with Gasteiger partial charge < -0.3 is 4.90 Å². The highest BCUT2D eigenvalue weighted by molar-refractivity contribution is 7.80. The van der Waals surface area contributed by atoms with Crippen molar-refractivity contribution in [2.24, 2.45) is 0 Å². The Labute approximate surface area is 138 Å². The second-order valence-electron chi connectivity index (χ2n) is 5.62. The summed E-state index contributed by atoms with van der Waals surface area (Å²) in [5.74, 6) is 0.720. The zero-order chi connectivity index (χ0) is 16.7. The third-order valence-corrected chi connectivity index (χ3v) is 4.10. The fraction of sp³-hybridized carbons (Fsp3) is 0.688. The zero-order valence-electron chi connectivity index (χ0n) is 14.0. The molecule has 0 spiro atoms. The first-order chi connectivity index (χ1) is 10.5. The van der Waals surface area contributed by atoms with Gasteiger partial charge in [0.1, 0.15) is 11.4 Å². The molecule has 124 valence electrons. The molecule has 6 heteroatoms. The van der Waals surface area contributed by atoms with Crippen molar-refractivity contribution in [3.8, 4) is 0 Å². The van der Waals surface area contributed by atoms with Gasteiger partial charge in [-0.25, -0.2) is 0 Å². The van der Waals surface area contributed by atoms with Crippen LogP contribution in [0.3, 0.4) is 0 Å². The average molecular weight is 325 g/mol. The molecular formula is C16H27N3O2S. The van der Waals surface area contributed by atoms with Gasteiger partial charge in [0, 0.05) is 24.7 Å². The van der Waals surface area contributed by atoms with Crippen LogP contribution in [0.5, 0.6) is 0 Å². The maximum Gasteiger partial charge on any atom is 0.314 e. The van der Waals surface area contributed by atoms with Crippen LogP contribution in [0.1, 0.15) is 57.3 Å². The Morgan fingerprint density at radius 2 is 2.14 bits per heavy atom. The highest BCUT2D eigenvalue weighted by atomic mass is 32.1. The molecule has 0 radical (unpaired) electrons. The highest BCUT2D eigenvalue weighted by Crippen LogP contribution is 2.36. The number of thiol groups is 1. The lowest BCUT2D eigenvalue weighted by atomic mass is 10.0. The van der Waals surface area contributed by atoms with Crippen molar-refractivity contribution in [1.29, 1.82) is 0 Å². The molecule has 0 aliphatic rings. The number of anilines is 1. The molecule has 1 atom stereocenters. The van der Waals surface area contributed by atoms with Crippen molar-refractivity contribution < 1.29 is 4.92 Å². The van der Waals surface area contributed by atoms with Gasteiger partial charge in [-0.05, 0) is 38.5 Å². The first-order valence-electron chi connectivity index (χ1n) is 7.97. The number of aromatic nitrogens is 1. The first-order valence-corrected chi connectivity index (χ1v) is 8.61. The van der Waals surface area contributed by atoms with Crippen molar-refractivity contribution in [3.05, 3.63) is 27.6 Å². The van der Waals surface area contributed by atoms with Crippen molar-refractivity contribution in [2.75, 3.05) is 23.7 Å². The molecule has 0 aliphatic carbocycles. The van der Waals surface area contributed by atoms with E-state index in [9.17, 15) is 10.1 Å². The summed E-state index contributed by atoms with van der Waals surface area (Å²) in [4.78, 5) is 18.0. The van der Waals surface area contributed by atoms with Crippen molar-refractivity contribution >= 4 is 24.0 Å². The third-order valence-electron chi connectivity index (χ3n) is 3.84. The molecule has 0 fully saturated rings. The molecular weight excluding hydrogens is 298 g/mol. The summed E-state index contributed by atoms with van der Waals surface area (Å²) in [6.07, 6.45) is 2.87. The van der Waals surface area contributed by atoms with Crippen LogP contribution in [-0.2, 0) is 0 Å². The molecule has 0 saturated carbocycles. The van der Waals surface area contributed by atoms with Gasteiger partial charge in [-0.3, -0.25) is 15.1 Å². The van der Waals surface area contributed by atoms with E-state index in [1.54, 1.807) is 0 Å². The minimum absolute atomic E-state index is 0.0291. The quantitative estimate of drug-likeness (QED) is 0.416. The Bertz CT molecular complexity index is 508. The van der Waals surface area contributed by atoms with E-state index in [1.165, 1.54) is 0 Å². The molecule has 1 unspecified atom stereocenters. The van der Waals surface area contributed by atoms with E-state index in [2.05, 4.69) is 29.4 Å². The number of hydrogen-bond donors (Lipinski definition) is 1. The predicted octanol–water partition coefficient (Wildman–Crippen LogP) is 4.35. The Morgan fingerprint density at radius 3 is 2.64 bits per heavy atom. The van der Waals surface area contributed by atoms with Gasteiger partial charge >= 0.3 is 5.69 Å². The summed E-state index contributed by atoms with van der Waals surface area (Å²) in [5, 5.41) is 11.7. The zero-order valence-corrected chi connectivity index (χ0v) is 14.9. The summed E-state index contributed by atoms with van der Waals surface area (Å²) in [5.41, 5.74) is 2.29. The molecule has 0 bridgehead atoms. The second-order valence-corrected chi connectivity index (χ2v) is 6.07. The molecule has 1 aromatic heterocycles. The van der Waals surface area contributed by atoms with Crippen LogP contribution in [0.2, 0.25) is 0 Å². The number of nitro groups is 1. The number of rotatable bonds is 9. The summed E-state index contributed by atoms with van der Waals surface area (Å²) < 4.78 is 0. The summed E-state index contributed by atoms with van der Waals surface area (Å²) in [6.45, 7) is 9.63. The number of aryl methyl sites for hydroxylation is 1. The monoisotopic (exact) mass is 325 g/mol. The molecule has 1 rings (SSSR count). The number of pyridine rings is 1.